The van der Waals surface area contributed by atoms with Gasteiger partial charge >= 0.3 is 0 Å². The molecule has 1 unspecified atom stereocenters. The summed E-state index contributed by atoms with van der Waals surface area (Å²) in [5.74, 6) is 6.60. The first-order valence-corrected chi connectivity index (χ1v) is 7.12. The van der Waals surface area contributed by atoms with Gasteiger partial charge in [0.2, 0.25) is 0 Å². The molecule has 0 aromatic heterocycles. The van der Waals surface area contributed by atoms with E-state index in [0.29, 0.717) is 6.04 Å². The van der Waals surface area contributed by atoms with Gasteiger partial charge in [0.15, 0.2) is 0 Å². The third-order valence-electron chi connectivity index (χ3n) is 2.88. The van der Waals surface area contributed by atoms with Crippen molar-refractivity contribution in [2.45, 2.75) is 52.0 Å². The topological polar surface area (TPSA) is 12.0 Å². The van der Waals surface area contributed by atoms with Crippen LogP contribution in [-0.2, 0) is 6.42 Å². The average Bonchev–Trinajstić information content (AvgIpc) is 2.40. The van der Waals surface area contributed by atoms with Crippen molar-refractivity contribution in [3.05, 3.63) is 35.9 Å². The lowest BCUT2D eigenvalue weighted by Gasteiger charge is -2.12. The SMILES string of the molecule is CCCC#CC(CCC)NCCc1ccccc1. The maximum Gasteiger partial charge on any atom is 0.0689 e. The average molecular weight is 243 g/mol. The molecule has 0 saturated heterocycles. The number of nitrogens with one attached hydrogen (secondary N) is 1. The van der Waals surface area contributed by atoms with Crippen molar-refractivity contribution in [3.63, 3.8) is 0 Å². The Kier molecular flexibility index (Phi) is 8.01. The van der Waals surface area contributed by atoms with E-state index < -0.39 is 0 Å². The molecule has 1 aromatic rings. The van der Waals surface area contributed by atoms with E-state index >= 15 is 0 Å². The molecule has 1 atom stereocenters. The lowest BCUT2D eigenvalue weighted by Crippen LogP contribution is -2.29. The molecule has 0 radical (unpaired) electrons. The highest BCUT2D eigenvalue weighted by Crippen LogP contribution is 2.00. The predicted molar refractivity (Wildman–Crippen MR) is 79.5 cm³/mol. The highest BCUT2D eigenvalue weighted by molar-refractivity contribution is 5.15. The Bertz CT molecular complexity index is 358. The molecule has 0 amide bonds. The van der Waals surface area contributed by atoms with E-state index in [4.69, 9.17) is 0 Å². The third kappa shape index (κ3) is 6.47. The second-order valence-electron chi connectivity index (χ2n) is 4.60. The second kappa shape index (κ2) is 9.74. The Hall–Kier alpha value is -1.26. The fourth-order valence-electron chi connectivity index (χ4n) is 1.87. The molecular weight excluding hydrogens is 218 g/mol. The molecule has 1 rings (SSSR count). The smallest absolute Gasteiger partial charge is 0.0689 e. The van der Waals surface area contributed by atoms with Crippen LogP contribution < -0.4 is 5.32 Å². The van der Waals surface area contributed by atoms with Gasteiger partial charge in [-0.05, 0) is 24.8 Å². The Morgan fingerprint density at radius 3 is 2.56 bits per heavy atom. The van der Waals surface area contributed by atoms with Crippen LogP contribution in [0.3, 0.4) is 0 Å². The van der Waals surface area contributed by atoms with Crippen LogP contribution in [0.5, 0.6) is 0 Å². The largest absolute Gasteiger partial charge is 0.303 e. The van der Waals surface area contributed by atoms with Crippen LogP contribution in [0.2, 0.25) is 0 Å². The lowest BCUT2D eigenvalue weighted by molar-refractivity contribution is 0.564. The van der Waals surface area contributed by atoms with Gasteiger partial charge in [-0.2, -0.15) is 0 Å². The summed E-state index contributed by atoms with van der Waals surface area (Å²) < 4.78 is 0. The van der Waals surface area contributed by atoms with Gasteiger partial charge in [-0.1, -0.05) is 56.5 Å². The molecule has 98 valence electrons. The summed E-state index contributed by atoms with van der Waals surface area (Å²) in [6, 6.07) is 11.0. The molecule has 1 N–H and O–H groups in total. The molecule has 18 heavy (non-hydrogen) atoms. The molecule has 0 heterocycles. The fourth-order valence-corrected chi connectivity index (χ4v) is 1.87. The normalized spacial score (nSPS) is 11.7. The van der Waals surface area contributed by atoms with E-state index in [2.05, 4.69) is 61.3 Å². The molecule has 0 aliphatic carbocycles. The van der Waals surface area contributed by atoms with Crippen molar-refractivity contribution >= 4 is 0 Å². The minimum Gasteiger partial charge on any atom is -0.303 e. The third-order valence-corrected chi connectivity index (χ3v) is 2.88. The fraction of sp³-hybridized carbons (Fsp3) is 0.529. The maximum absolute atomic E-state index is 3.55. The van der Waals surface area contributed by atoms with E-state index in [1.807, 2.05) is 0 Å². The van der Waals surface area contributed by atoms with Crippen molar-refractivity contribution in [2.75, 3.05) is 6.54 Å². The predicted octanol–water partition coefficient (Wildman–Crippen LogP) is 3.79. The van der Waals surface area contributed by atoms with E-state index in [0.717, 1.165) is 32.2 Å². The number of hydrogen-bond donors (Lipinski definition) is 1. The quantitative estimate of drug-likeness (QED) is 0.718. The Morgan fingerprint density at radius 2 is 1.89 bits per heavy atom. The van der Waals surface area contributed by atoms with Crippen molar-refractivity contribution < 1.29 is 0 Å². The first kappa shape index (κ1) is 14.8. The van der Waals surface area contributed by atoms with Gasteiger partial charge in [-0.3, -0.25) is 0 Å². The minimum atomic E-state index is 0.366. The van der Waals surface area contributed by atoms with Crippen LogP contribution in [0, 0.1) is 11.8 Å². The zero-order valence-electron chi connectivity index (χ0n) is 11.7. The van der Waals surface area contributed by atoms with E-state index in [1.54, 1.807) is 0 Å². The van der Waals surface area contributed by atoms with Crippen molar-refractivity contribution in [1.82, 2.24) is 5.32 Å². The molecular formula is C17H25N. The number of rotatable bonds is 7. The first-order valence-electron chi connectivity index (χ1n) is 7.12. The van der Waals surface area contributed by atoms with Crippen LogP contribution in [0.4, 0.5) is 0 Å². The highest BCUT2D eigenvalue weighted by atomic mass is 14.9. The van der Waals surface area contributed by atoms with Crippen LogP contribution in [0.1, 0.15) is 45.1 Å². The maximum atomic E-state index is 3.55. The van der Waals surface area contributed by atoms with Crippen LogP contribution in [0.15, 0.2) is 30.3 Å². The summed E-state index contributed by atoms with van der Waals surface area (Å²) >= 11 is 0. The summed E-state index contributed by atoms with van der Waals surface area (Å²) in [6.45, 7) is 5.40. The van der Waals surface area contributed by atoms with Crippen molar-refractivity contribution in [2.24, 2.45) is 0 Å². The van der Waals surface area contributed by atoms with E-state index in [9.17, 15) is 0 Å². The first-order chi connectivity index (χ1) is 8.86. The zero-order valence-corrected chi connectivity index (χ0v) is 11.7. The van der Waals surface area contributed by atoms with E-state index in [-0.39, 0.29) is 0 Å². The number of benzene rings is 1. The summed E-state index contributed by atoms with van der Waals surface area (Å²) in [5.41, 5.74) is 1.39. The highest BCUT2D eigenvalue weighted by Gasteiger charge is 2.02. The molecule has 0 saturated carbocycles. The Balaban J connectivity index is 2.31. The summed E-state index contributed by atoms with van der Waals surface area (Å²) in [5, 5.41) is 3.55. The number of unbranched alkanes of at least 4 members (excludes halogenated alkanes) is 1. The van der Waals surface area contributed by atoms with Gasteiger partial charge < -0.3 is 5.32 Å². The molecule has 0 fully saturated rings. The van der Waals surface area contributed by atoms with Crippen LogP contribution in [-0.4, -0.2) is 12.6 Å². The monoisotopic (exact) mass is 243 g/mol. The van der Waals surface area contributed by atoms with Gasteiger partial charge in [0, 0.05) is 13.0 Å². The molecule has 0 bridgehead atoms. The molecule has 1 nitrogen and oxygen atoms in total. The van der Waals surface area contributed by atoms with E-state index in [1.165, 1.54) is 12.0 Å². The minimum absolute atomic E-state index is 0.366. The molecule has 0 aliphatic heterocycles. The van der Waals surface area contributed by atoms with Gasteiger partial charge in [0.25, 0.3) is 0 Å². The van der Waals surface area contributed by atoms with Gasteiger partial charge in [0.1, 0.15) is 0 Å². The Labute approximate surface area is 112 Å². The van der Waals surface area contributed by atoms with Gasteiger partial charge in [-0.25, -0.2) is 0 Å². The second-order valence-corrected chi connectivity index (χ2v) is 4.60. The summed E-state index contributed by atoms with van der Waals surface area (Å²) in [7, 11) is 0. The number of hydrogen-bond acceptors (Lipinski definition) is 1. The van der Waals surface area contributed by atoms with Crippen LogP contribution in [0.25, 0.3) is 0 Å². The Morgan fingerprint density at radius 1 is 1.11 bits per heavy atom. The van der Waals surface area contributed by atoms with Gasteiger partial charge in [0.05, 0.1) is 6.04 Å². The zero-order chi connectivity index (χ0) is 13.1. The summed E-state index contributed by atoms with van der Waals surface area (Å²) in [6.07, 6.45) is 5.57. The lowest BCUT2D eigenvalue weighted by atomic mass is 10.1. The summed E-state index contributed by atoms with van der Waals surface area (Å²) in [4.78, 5) is 0. The van der Waals surface area contributed by atoms with Crippen LogP contribution >= 0.6 is 0 Å². The standard InChI is InChI=1S/C17H25N/c1-3-5-7-13-17(10-4-2)18-15-14-16-11-8-6-9-12-16/h6,8-9,11-12,17-18H,3-5,10,14-15H2,1-2H3. The van der Waals surface area contributed by atoms with Crippen molar-refractivity contribution in [3.8, 4) is 11.8 Å². The van der Waals surface area contributed by atoms with Crippen molar-refractivity contribution in [1.29, 1.82) is 0 Å². The van der Waals surface area contributed by atoms with Gasteiger partial charge in [-0.15, -0.1) is 5.92 Å². The molecule has 1 heteroatoms. The molecule has 1 aromatic carbocycles. The molecule has 0 spiro atoms. The molecule has 0 aliphatic rings.